The van der Waals surface area contributed by atoms with Crippen molar-refractivity contribution in [3.8, 4) is 15.6 Å². The minimum atomic E-state index is -3.71. The molecule has 0 spiro atoms. The summed E-state index contributed by atoms with van der Waals surface area (Å²) < 4.78 is 33.8. The number of aromatic nitrogens is 1. The number of nitrogens with zero attached hydrogens (tertiary/aromatic N) is 1. The summed E-state index contributed by atoms with van der Waals surface area (Å²) in [6.45, 7) is 6.04. The van der Waals surface area contributed by atoms with E-state index in [4.69, 9.17) is 4.74 Å². The Kier molecular flexibility index (Phi) is 5.12. The van der Waals surface area contributed by atoms with Gasteiger partial charge in [0.1, 0.15) is 15.7 Å². The standard InChI is InChI=1S/C17H18N2O3S3/c1-4-22-14-8-6-5-7-13(14)19-25(20,21)16-9-15(24-12(16)3)17-18-11(2)10-23-17/h5-10,19H,4H2,1-3H3. The Morgan fingerprint density at radius 1 is 1.24 bits per heavy atom. The maximum atomic E-state index is 12.9. The third kappa shape index (κ3) is 3.86. The normalized spacial score (nSPS) is 11.5. The van der Waals surface area contributed by atoms with Crippen LogP contribution in [-0.4, -0.2) is 20.0 Å². The lowest BCUT2D eigenvalue weighted by Gasteiger charge is -2.12. The highest BCUT2D eigenvalue weighted by Crippen LogP contribution is 2.36. The zero-order valence-corrected chi connectivity index (χ0v) is 16.5. The highest BCUT2D eigenvalue weighted by Gasteiger charge is 2.22. The Morgan fingerprint density at radius 2 is 2.00 bits per heavy atom. The van der Waals surface area contributed by atoms with Crippen LogP contribution in [-0.2, 0) is 10.0 Å². The first-order valence-corrected chi connectivity index (χ1v) is 10.9. The van der Waals surface area contributed by atoms with E-state index in [9.17, 15) is 8.42 Å². The first-order chi connectivity index (χ1) is 11.9. The van der Waals surface area contributed by atoms with E-state index in [-0.39, 0.29) is 4.90 Å². The number of ether oxygens (including phenoxy) is 1. The van der Waals surface area contributed by atoms with Crippen LogP contribution in [0.3, 0.4) is 0 Å². The number of benzene rings is 1. The highest BCUT2D eigenvalue weighted by molar-refractivity contribution is 7.93. The Bertz CT molecular complexity index is 990. The molecule has 3 rings (SSSR count). The number of hydrogen-bond acceptors (Lipinski definition) is 6. The van der Waals surface area contributed by atoms with Crippen molar-refractivity contribution in [3.63, 3.8) is 0 Å². The van der Waals surface area contributed by atoms with Crippen LogP contribution in [0.5, 0.6) is 5.75 Å². The lowest BCUT2D eigenvalue weighted by atomic mass is 10.3. The van der Waals surface area contributed by atoms with Gasteiger partial charge in [-0.25, -0.2) is 13.4 Å². The molecule has 0 atom stereocenters. The van der Waals surface area contributed by atoms with Crippen LogP contribution in [0.1, 0.15) is 17.5 Å². The molecular formula is C17H18N2O3S3. The molecule has 8 heteroatoms. The minimum Gasteiger partial charge on any atom is -0.492 e. The first kappa shape index (κ1) is 17.9. The molecule has 25 heavy (non-hydrogen) atoms. The Morgan fingerprint density at radius 3 is 2.68 bits per heavy atom. The third-order valence-electron chi connectivity index (χ3n) is 3.42. The zero-order chi connectivity index (χ0) is 18.0. The van der Waals surface area contributed by atoms with Gasteiger partial charge in [0.05, 0.1) is 17.2 Å². The largest absolute Gasteiger partial charge is 0.492 e. The van der Waals surface area contributed by atoms with Crippen LogP contribution < -0.4 is 9.46 Å². The second kappa shape index (κ2) is 7.15. The van der Waals surface area contributed by atoms with Gasteiger partial charge in [0.2, 0.25) is 0 Å². The molecule has 0 saturated carbocycles. The molecule has 1 aromatic carbocycles. The number of nitrogens with one attached hydrogen (secondary N) is 1. The summed E-state index contributed by atoms with van der Waals surface area (Å²) in [5.74, 6) is 0.511. The maximum Gasteiger partial charge on any atom is 0.263 e. The summed E-state index contributed by atoms with van der Waals surface area (Å²) in [6, 6.07) is 8.69. The second-order valence-electron chi connectivity index (χ2n) is 5.36. The lowest BCUT2D eigenvalue weighted by molar-refractivity contribution is 0.342. The van der Waals surface area contributed by atoms with Gasteiger partial charge in [-0.15, -0.1) is 22.7 Å². The first-order valence-electron chi connectivity index (χ1n) is 7.68. The van der Waals surface area contributed by atoms with Crippen molar-refractivity contribution in [2.45, 2.75) is 25.7 Å². The minimum absolute atomic E-state index is 0.270. The van der Waals surface area contributed by atoms with E-state index in [0.717, 1.165) is 20.5 Å². The molecule has 0 unspecified atom stereocenters. The van der Waals surface area contributed by atoms with Crippen LogP contribution in [0.25, 0.3) is 9.88 Å². The summed E-state index contributed by atoms with van der Waals surface area (Å²) in [4.78, 5) is 6.29. The summed E-state index contributed by atoms with van der Waals surface area (Å²) in [6.07, 6.45) is 0. The number of thiazole rings is 1. The van der Waals surface area contributed by atoms with E-state index in [1.165, 1.54) is 22.7 Å². The molecule has 132 valence electrons. The number of thiophene rings is 1. The van der Waals surface area contributed by atoms with Crippen molar-refractivity contribution >= 4 is 38.4 Å². The van der Waals surface area contributed by atoms with Gasteiger partial charge < -0.3 is 4.74 Å². The van der Waals surface area contributed by atoms with Gasteiger partial charge in [-0.05, 0) is 39.0 Å². The number of para-hydroxylation sites is 2. The monoisotopic (exact) mass is 394 g/mol. The number of aryl methyl sites for hydroxylation is 2. The molecule has 1 N–H and O–H groups in total. The predicted octanol–water partition coefficient (Wildman–Crippen LogP) is 4.69. The van der Waals surface area contributed by atoms with Gasteiger partial charge in [0.25, 0.3) is 10.0 Å². The van der Waals surface area contributed by atoms with E-state index >= 15 is 0 Å². The number of hydrogen-bond donors (Lipinski definition) is 1. The molecule has 0 fully saturated rings. The maximum absolute atomic E-state index is 12.9. The van der Waals surface area contributed by atoms with Crippen LogP contribution in [0.2, 0.25) is 0 Å². The van der Waals surface area contributed by atoms with Gasteiger partial charge in [0, 0.05) is 16.0 Å². The van der Waals surface area contributed by atoms with Crippen molar-refractivity contribution in [2.75, 3.05) is 11.3 Å². The Balaban J connectivity index is 1.94. The van der Waals surface area contributed by atoms with Gasteiger partial charge >= 0.3 is 0 Å². The summed E-state index contributed by atoms with van der Waals surface area (Å²) in [7, 11) is -3.71. The van der Waals surface area contributed by atoms with Crippen LogP contribution in [0.15, 0.2) is 40.6 Å². The average molecular weight is 395 g/mol. The smallest absolute Gasteiger partial charge is 0.263 e. The molecule has 0 aliphatic rings. The predicted molar refractivity (Wildman–Crippen MR) is 103 cm³/mol. The van der Waals surface area contributed by atoms with Crippen LogP contribution >= 0.6 is 22.7 Å². The fourth-order valence-electron chi connectivity index (χ4n) is 2.34. The van der Waals surface area contributed by atoms with Crippen molar-refractivity contribution in [3.05, 3.63) is 46.3 Å². The van der Waals surface area contributed by atoms with Crippen LogP contribution in [0, 0.1) is 13.8 Å². The van der Waals surface area contributed by atoms with E-state index < -0.39 is 10.0 Å². The summed E-state index contributed by atoms with van der Waals surface area (Å²) in [5, 5.41) is 2.79. The van der Waals surface area contributed by atoms with Crippen LogP contribution in [0.4, 0.5) is 5.69 Å². The SMILES string of the molecule is CCOc1ccccc1NS(=O)(=O)c1cc(-c2nc(C)cs2)sc1C. The summed E-state index contributed by atoms with van der Waals surface area (Å²) in [5.41, 5.74) is 1.36. The molecule has 2 heterocycles. The number of anilines is 1. The summed E-state index contributed by atoms with van der Waals surface area (Å²) >= 11 is 2.94. The van der Waals surface area contributed by atoms with Gasteiger partial charge in [-0.1, -0.05) is 12.1 Å². The van der Waals surface area contributed by atoms with E-state index in [0.29, 0.717) is 18.0 Å². The fourth-order valence-corrected chi connectivity index (χ4v) is 5.86. The molecule has 0 aliphatic heterocycles. The average Bonchev–Trinajstić information content (AvgIpc) is 3.15. The molecule has 0 radical (unpaired) electrons. The van der Waals surface area contributed by atoms with Crippen molar-refractivity contribution in [1.29, 1.82) is 0 Å². The number of rotatable bonds is 6. The molecule has 0 amide bonds. The molecule has 0 aliphatic carbocycles. The van der Waals surface area contributed by atoms with Gasteiger partial charge in [-0.3, -0.25) is 4.72 Å². The van der Waals surface area contributed by atoms with E-state index in [1.807, 2.05) is 25.3 Å². The van der Waals surface area contributed by atoms with Gasteiger partial charge in [-0.2, -0.15) is 0 Å². The molecule has 0 bridgehead atoms. The van der Waals surface area contributed by atoms with Gasteiger partial charge in [0.15, 0.2) is 0 Å². The molecule has 3 aromatic rings. The molecular weight excluding hydrogens is 376 g/mol. The fraction of sp³-hybridized carbons (Fsp3) is 0.235. The molecule has 0 saturated heterocycles. The Hall–Kier alpha value is -1.90. The zero-order valence-electron chi connectivity index (χ0n) is 14.1. The van der Waals surface area contributed by atoms with Crippen molar-refractivity contribution in [1.82, 2.24) is 4.98 Å². The number of sulfonamides is 1. The van der Waals surface area contributed by atoms with E-state index in [2.05, 4.69) is 9.71 Å². The molecule has 2 aromatic heterocycles. The van der Waals surface area contributed by atoms with Crippen molar-refractivity contribution in [2.24, 2.45) is 0 Å². The quantitative estimate of drug-likeness (QED) is 0.659. The third-order valence-corrected chi connectivity index (χ3v) is 7.22. The van der Waals surface area contributed by atoms with Crippen molar-refractivity contribution < 1.29 is 13.2 Å². The topological polar surface area (TPSA) is 68.3 Å². The second-order valence-corrected chi connectivity index (χ2v) is 9.13. The lowest BCUT2D eigenvalue weighted by Crippen LogP contribution is -2.14. The Labute approximate surface area is 155 Å². The molecule has 5 nitrogen and oxygen atoms in total. The highest BCUT2D eigenvalue weighted by atomic mass is 32.2. The van der Waals surface area contributed by atoms with E-state index in [1.54, 1.807) is 31.2 Å².